The standard InChI is InChI=1S/C13H19NO4/c1-2-11(8-15)14-7-10-3-5-12(6-4-10)18-9-13(16)17/h3-6,11,14-15H,2,7-9H2,1H3,(H,16,17)/t11-/m1/s1. The van der Waals surface area contributed by atoms with Gasteiger partial charge in [-0.1, -0.05) is 19.1 Å². The number of aliphatic hydroxyl groups excluding tert-OH is 1. The average Bonchev–Trinajstić information content (AvgIpc) is 2.39. The first-order valence-electron chi connectivity index (χ1n) is 5.93. The van der Waals surface area contributed by atoms with Gasteiger partial charge in [0.15, 0.2) is 6.61 Å². The molecule has 0 aliphatic heterocycles. The first-order valence-corrected chi connectivity index (χ1v) is 5.93. The van der Waals surface area contributed by atoms with Crippen molar-refractivity contribution in [3.63, 3.8) is 0 Å². The van der Waals surface area contributed by atoms with Crippen LogP contribution in [0.25, 0.3) is 0 Å². The van der Waals surface area contributed by atoms with Gasteiger partial charge in [0, 0.05) is 12.6 Å². The largest absolute Gasteiger partial charge is 0.482 e. The highest BCUT2D eigenvalue weighted by molar-refractivity contribution is 5.68. The van der Waals surface area contributed by atoms with Crippen LogP contribution in [0.3, 0.4) is 0 Å². The molecule has 0 saturated heterocycles. The van der Waals surface area contributed by atoms with Crippen LogP contribution in [0.5, 0.6) is 5.75 Å². The number of carboxylic acids is 1. The molecule has 5 nitrogen and oxygen atoms in total. The molecule has 1 rings (SSSR count). The van der Waals surface area contributed by atoms with Crippen molar-refractivity contribution in [2.75, 3.05) is 13.2 Å². The van der Waals surface area contributed by atoms with E-state index >= 15 is 0 Å². The molecule has 0 heterocycles. The smallest absolute Gasteiger partial charge is 0.341 e. The molecule has 3 N–H and O–H groups in total. The van der Waals surface area contributed by atoms with Crippen LogP contribution in [-0.2, 0) is 11.3 Å². The Labute approximate surface area is 106 Å². The number of hydrogen-bond donors (Lipinski definition) is 3. The molecule has 0 saturated carbocycles. The third kappa shape index (κ3) is 5.16. The Hall–Kier alpha value is -1.59. The molecule has 0 bridgehead atoms. The first-order chi connectivity index (χ1) is 8.65. The molecule has 1 aromatic carbocycles. The van der Waals surface area contributed by atoms with Crippen molar-refractivity contribution in [3.05, 3.63) is 29.8 Å². The van der Waals surface area contributed by atoms with Crippen molar-refractivity contribution >= 4 is 5.97 Å². The fourth-order valence-corrected chi connectivity index (χ4v) is 1.45. The van der Waals surface area contributed by atoms with Crippen LogP contribution in [0.2, 0.25) is 0 Å². The van der Waals surface area contributed by atoms with Crippen LogP contribution in [-0.4, -0.2) is 35.4 Å². The minimum Gasteiger partial charge on any atom is -0.482 e. The zero-order chi connectivity index (χ0) is 13.4. The van der Waals surface area contributed by atoms with E-state index in [1.165, 1.54) is 0 Å². The second-order valence-electron chi connectivity index (χ2n) is 4.00. The zero-order valence-corrected chi connectivity index (χ0v) is 10.4. The summed E-state index contributed by atoms with van der Waals surface area (Å²) in [7, 11) is 0. The van der Waals surface area contributed by atoms with Crippen molar-refractivity contribution in [2.24, 2.45) is 0 Å². The summed E-state index contributed by atoms with van der Waals surface area (Å²) in [6, 6.07) is 7.32. The Kier molecular flexibility index (Phi) is 6.18. The topological polar surface area (TPSA) is 78.8 Å². The highest BCUT2D eigenvalue weighted by Gasteiger charge is 2.04. The predicted molar refractivity (Wildman–Crippen MR) is 67.6 cm³/mol. The highest BCUT2D eigenvalue weighted by Crippen LogP contribution is 2.12. The lowest BCUT2D eigenvalue weighted by atomic mass is 10.2. The minimum atomic E-state index is -0.991. The minimum absolute atomic E-state index is 0.105. The monoisotopic (exact) mass is 253 g/mol. The fourth-order valence-electron chi connectivity index (χ4n) is 1.45. The molecular weight excluding hydrogens is 234 g/mol. The summed E-state index contributed by atoms with van der Waals surface area (Å²) in [5.41, 5.74) is 1.06. The number of benzene rings is 1. The maximum Gasteiger partial charge on any atom is 0.341 e. The second kappa shape index (κ2) is 7.68. The maximum absolute atomic E-state index is 10.3. The van der Waals surface area contributed by atoms with Crippen molar-refractivity contribution in [2.45, 2.75) is 25.9 Å². The van der Waals surface area contributed by atoms with Crippen LogP contribution in [0, 0.1) is 0 Å². The molecule has 0 aliphatic rings. The quantitative estimate of drug-likeness (QED) is 0.644. The van der Waals surface area contributed by atoms with Crippen molar-refractivity contribution in [1.29, 1.82) is 0 Å². The summed E-state index contributed by atoms with van der Waals surface area (Å²) >= 11 is 0. The Morgan fingerprint density at radius 2 is 2.06 bits per heavy atom. The van der Waals surface area contributed by atoms with Gasteiger partial charge in [0.25, 0.3) is 0 Å². The van der Waals surface area contributed by atoms with E-state index in [-0.39, 0.29) is 19.3 Å². The molecule has 18 heavy (non-hydrogen) atoms. The van der Waals surface area contributed by atoms with Gasteiger partial charge >= 0.3 is 5.97 Å². The van der Waals surface area contributed by atoms with E-state index in [9.17, 15) is 4.79 Å². The number of hydrogen-bond acceptors (Lipinski definition) is 4. The van der Waals surface area contributed by atoms with Gasteiger partial charge < -0.3 is 20.3 Å². The normalized spacial score (nSPS) is 12.1. The van der Waals surface area contributed by atoms with Gasteiger partial charge in [-0.3, -0.25) is 0 Å². The van der Waals surface area contributed by atoms with Crippen molar-refractivity contribution < 1.29 is 19.7 Å². The number of nitrogens with one attached hydrogen (secondary N) is 1. The third-order valence-corrected chi connectivity index (χ3v) is 2.59. The van der Waals surface area contributed by atoms with Gasteiger partial charge in [0.05, 0.1) is 6.61 Å². The van der Waals surface area contributed by atoms with E-state index in [2.05, 4.69) is 5.32 Å². The molecule has 0 spiro atoms. The maximum atomic E-state index is 10.3. The van der Waals surface area contributed by atoms with Crippen LogP contribution < -0.4 is 10.1 Å². The summed E-state index contributed by atoms with van der Waals surface area (Å²) in [6.07, 6.45) is 0.871. The Morgan fingerprint density at radius 1 is 1.39 bits per heavy atom. The summed E-state index contributed by atoms with van der Waals surface area (Å²) in [6.45, 7) is 2.46. The summed E-state index contributed by atoms with van der Waals surface area (Å²) in [5.74, 6) is -0.454. The van der Waals surface area contributed by atoms with Crippen LogP contribution >= 0.6 is 0 Å². The van der Waals surface area contributed by atoms with Gasteiger partial charge in [-0.25, -0.2) is 4.79 Å². The van der Waals surface area contributed by atoms with Crippen LogP contribution in [0.4, 0.5) is 0 Å². The van der Waals surface area contributed by atoms with E-state index in [1.54, 1.807) is 12.1 Å². The summed E-state index contributed by atoms with van der Waals surface area (Å²) in [4.78, 5) is 10.3. The molecule has 1 atom stereocenters. The summed E-state index contributed by atoms with van der Waals surface area (Å²) in [5, 5.41) is 20.7. The molecule has 0 aliphatic carbocycles. The van der Waals surface area contributed by atoms with Crippen LogP contribution in [0.1, 0.15) is 18.9 Å². The average molecular weight is 253 g/mol. The van der Waals surface area contributed by atoms with Crippen LogP contribution in [0.15, 0.2) is 24.3 Å². The van der Waals surface area contributed by atoms with Gasteiger partial charge in [0.2, 0.25) is 0 Å². The predicted octanol–water partition coefficient (Wildman–Crippen LogP) is 1.01. The fraction of sp³-hybridized carbons (Fsp3) is 0.462. The van der Waals surface area contributed by atoms with Gasteiger partial charge in [-0.05, 0) is 24.1 Å². The lowest BCUT2D eigenvalue weighted by Crippen LogP contribution is -2.31. The zero-order valence-electron chi connectivity index (χ0n) is 10.4. The van der Waals surface area contributed by atoms with E-state index in [1.807, 2.05) is 19.1 Å². The number of carbonyl (C=O) groups is 1. The molecule has 0 aromatic heterocycles. The number of aliphatic hydroxyl groups is 1. The first kappa shape index (κ1) is 14.5. The summed E-state index contributed by atoms with van der Waals surface area (Å²) < 4.78 is 5.03. The number of carboxylic acid groups (broad SMARTS) is 1. The molecule has 100 valence electrons. The van der Waals surface area contributed by atoms with E-state index in [0.29, 0.717) is 12.3 Å². The van der Waals surface area contributed by atoms with Gasteiger partial charge in [-0.15, -0.1) is 0 Å². The SMILES string of the molecule is CC[C@H](CO)NCc1ccc(OCC(=O)O)cc1. The van der Waals surface area contributed by atoms with Gasteiger partial charge in [0.1, 0.15) is 5.75 Å². The lowest BCUT2D eigenvalue weighted by Gasteiger charge is -2.14. The molecule has 0 radical (unpaired) electrons. The molecule has 0 unspecified atom stereocenters. The van der Waals surface area contributed by atoms with Crippen molar-refractivity contribution in [3.8, 4) is 5.75 Å². The molecular formula is C13H19NO4. The molecule has 5 heteroatoms. The Balaban J connectivity index is 2.42. The number of aliphatic carboxylic acids is 1. The van der Waals surface area contributed by atoms with E-state index < -0.39 is 5.97 Å². The van der Waals surface area contributed by atoms with E-state index in [4.69, 9.17) is 14.9 Å². The Bertz CT molecular complexity index is 360. The van der Waals surface area contributed by atoms with E-state index in [0.717, 1.165) is 12.0 Å². The molecule has 0 amide bonds. The number of rotatable bonds is 8. The molecule has 1 aromatic rings. The highest BCUT2D eigenvalue weighted by atomic mass is 16.5. The lowest BCUT2D eigenvalue weighted by molar-refractivity contribution is -0.139. The molecule has 0 fully saturated rings. The number of ether oxygens (including phenoxy) is 1. The van der Waals surface area contributed by atoms with Crippen molar-refractivity contribution in [1.82, 2.24) is 5.32 Å². The second-order valence-corrected chi connectivity index (χ2v) is 4.00. The van der Waals surface area contributed by atoms with Gasteiger partial charge in [-0.2, -0.15) is 0 Å². The Morgan fingerprint density at radius 3 is 2.56 bits per heavy atom. The third-order valence-electron chi connectivity index (χ3n) is 2.59.